The zero-order valence-electron chi connectivity index (χ0n) is 21.9. The van der Waals surface area contributed by atoms with E-state index in [1.165, 1.54) is 5.06 Å². The zero-order valence-corrected chi connectivity index (χ0v) is 21.9. The van der Waals surface area contributed by atoms with Gasteiger partial charge in [0.15, 0.2) is 0 Å². The van der Waals surface area contributed by atoms with E-state index in [1.54, 1.807) is 9.80 Å². The van der Waals surface area contributed by atoms with Crippen LogP contribution in [0.15, 0.2) is 30.3 Å². The Labute approximate surface area is 217 Å². The van der Waals surface area contributed by atoms with Crippen molar-refractivity contribution in [3.8, 4) is 0 Å². The van der Waals surface area contributed by atoms with Crippen LogP contribution in [0.2, 0.25) is 0 Å². The third kappa shape index (κ3) is 7.33. The fourth-order valence-electron chi connectivity index (χ4n) is 4.77. The molecular formula is C26H38N4O7. The van der Waals surface area contributed by atoms with Gasteiger partial charge in [0.1, 0.15) is 18.2 Å². The van der Waals surface area contributed by atoms with Gasteiger partial charge in [-0.15, -0.1) is 0 Å². The Morgan fingerprint density at radius 1 is 1.03 bits per heavy atom. The quantitative estimate of drug-likeness (QED) is 0.395. The molecule has 37 heavy (non-hydrogen) atoms. The molecule has 4 rings (SSSR count). The van der Waals surface area contributed by atoms with Crippen LogP contribution in [0.1, 0.15) is 52.0 Å². The molecule has 1 N–H and O–H groups in total. The highest BCUT2D eigenvalue weighted by Gasteiger charge is 2.48. The first-order chi connectivity index (χ1) is 17.7. The van der Waals surface area contributed by atoms with Crippen LogP contribution in [0.4, 0.5) is 9.59 Å². The van der Waals surface area contributed by atoms with E-state index in [0.717, 1.165) is 18.4 Å². The van der Waals surface area contributed by atoms with Gasteiger partial charge in [0.2, 0.25) is 0 Å². The summed E-state index contributed by atoms with van der Waals surface area (Å²) in [4.78, 5) is 52.1. The molecule has 3 heterocycles. The predicted octanol–water partition coefficient (Wildman–Crippen LogP) is 2.85. The first kappa shape index (κ1) is 27.2. The SMILES string of the molecule is CC(C)(C)OC(=O)N1CCC(OCCONC(=O)[C@@H]2CC[C@@H]3CN2C(=O)N3OCc2ccccc2)CC1. The molecule has 11 heteroatoms. The molecule has 0 unspecified atom stereocenters. The molecule has 2 bridgehead atoms. The van der Waals surface area contributed by atoms with E-state index in [4.69, 9.17) is 19.1 Å². The van der Waals surface area contributed by atoms with E-state index in [1.807, 2.05) is 51.1 Å². The van der Waals surface area contributed by atoms with Crippen molar-refractivity contribution in [3.05, 3.63) is 35.9 Å². The molecule has 3 saturated heterocycles. The summed E-state index contributed by atoms with van der Waals surface area (Å²) < 4.78 is 11.3. The summed E-state index contributed by atoms with van der Waals surface area (Å²) in [6.07, 6.45) is 2.39. The first-order valence-electron chi connectivity index (χ1n) is 13.0. The molecule has 11 nitrogen and oxygen atoms in total. The summed E-state index contributed by atoms with van der Waals surface area (Å²) in [7, 11) is 0. The fourth-order valence-corrected chi connectivity index (χ4v) is 4.77. The van der Waals surface area contributed by atoms with Gasteiger partial charge < -0.3 is 19.3 Å². The van der Waals surface area contributed by atoms with Gasteiger partial charge in [0.25, 0.3) is 5.91 Å². The molecule has 1 aromatic rings. The number of hydrogen-bond donors (Lipinski definition) is 1. The number of amides is 4. The van der Waals surface area contributed by atoms with Crippen LogP contribution < -0.4 is 5.48 Å². The van der Waals surface area contributed by atoms with Crippen molar-refractivity contribution in [1.82, 2.24) is 20.3 Å². The lowest BCUT2D eigenvalue weighted by Crippen LogP contribution is -2.49. The molecule has 1 aromatic carbocycles. The van der Waals surface area contributed by atoms with Gasteiger partial charge >= 0.3 is 12.1 Å². The number of likely N-dealkylation sites (tertiary alicyclic amines) is 1. The number of carbonyl (C=O) groups is 3. The summed E-state index contributed by atoms with van der Waals surface area (Å²) in [5.41, 5.74) is 2.93. The second kappa shape index (κ2) is 12.1. The molecule has 3 aliphatic heterocycles. The molecule has 0 saturated carbocycles. The molecule has 0 radical (unpaired) electrons. The van der Waals surface area contributed by atoms with Crippen molar-refractivity contribution >= 4 is 18.0 Å². The van der Waals surface area contributed by atoms with Crippen LogP contribution in [0.5, 0.6) is 0 Å². The number of carbonyl (C=O) groups excluding carboxylic acids is 3. The van der Waals surface area contributed by atoms with Crippen LogP contribution in [-0.2, 0) is 30.6 Å². The third-order valence-electron chi connectivity index (χ3n) is 6.64. The second-order valence-corrected chi connectivity index (χ2v) is 10.6. The van der Waals surface area contributed by atoms with E-state index in [0.29, 0.717) is 45.7 Å². The van der Waals surface area contributed by atoms with Gasteiger partial charge in [-0.1, -0.05) is 30.3 Å². The molecule has 4 amide bonds. The maximum absolute atomic E-state index is 12.9. The molecule has 0 spiro atoms. The highest BCUT2D eigenvalue weighted by molar-refractivity contribution is 5.88. The van der Waals surface area contributed by atoms with Gasteiger partial charge in [0, 0.05) is 19.6 Å². The number of nitrogens with one attached hydrogen (secondary N) is 1. The van der Waals surface area contributed by atoms with Gasteiger partial charge in [-0.05, 0) is 52.0 Å². The molecule has 2 atom stereocenters. The smallest absolute Gasteiger partial charge is 0.410 e. The second-order valence-electron chi connectivity index (χ2n) is 10.6. The maximum Gasteiger partial charge on any atom is 0.410 e. The number of ether oxygens (including phenoxy) is 2. The summed E-state index contributed by atoms with van der Waals surface area (Å²) in [5.74, 6) is -0.345. The number of urea groups is 1. The zero-order chi connectivity index (χ0) is 26.4. The van der Waals surface area contributed by atoms with Crippen LogP contribution in [0.25, 0.3) is 0 Å². The Hall–Kier alpha value is -2.89. The monoisotopic (exact) mass is 518 g/mol. The summed E-state index contributed by atoms with van der Waals surface area (Å²) in [6, 6.07) is 8.72. The molecule has 0 aliphatic carbocycles. The summed E-state index contributed by atoms with van der Waals surface area (Å²) in [5, 5.41) is 1.41. The Balaban J connectivity index is 1.11. The number of benzene rings is 1. The van der Waals surface area contributed by atoms with E-state index < -0.39 is 11.6 Å². The van der Waals surface area contributed by atoms with E-state index in [-0.39, 0.29) is 36.8 Å². The maximum atomic E-state index is 12.9. The van der Waals surface area contributed by atoms with Crippen molar-refractivity contribution in [2.45, 2.75) is 76.9 Å². The molecular weight excluding hydrogens is 480 g/mol. The van der Waals surface area contributed by atoms with Crippen LogP contribution in [0.3, 0.4) is 0 Å². The largest absolute Gasteiger partial charge is 0.444 e. The molecule has 0 aromatic heterocycles. The number of hydrogen-bond acceptors (Lipinski definition) is 7. The Kier molecular flexibility index (Phi) is 8.88. The molecule has 204 valence electrons. The normalized spacial score (nSPS) is 22.4. The van der Waals surface area contributed by atoms with Gasteiger partial charge in [0.05, 0.1) is 25.4 Å². The van der Waals surface area contributed by atoms with Crippen LogP contribution >= 0.6 is 0 Å². The third-order valence-corrected chi connectivity index (χ3v) is 6.64. The number of nitrogens with zero attached hydrogens (tertiary/aromatic N) is 3. The minimum Gasteiger partial charge on any atom is -0.444 e. The van der Waals surface area contributed by atoms with Crippen LogP contribution in [-0.4, -0.2) is 89.5 Å². The molecule has 3 aliphatic rings. The van der Waals surface area contributed by atoms with E-state index in [2.05, 4.69) is 5.48 Å². The number of fused-ring (bicyclic) bond motifs is 2. The van der Waals surface area contributed by atoms with Gasteiger partial charge in [-0.25, -0.2) is 15.1 Å². The lowest BCUT2D eigenvalue weighted by molar-refractivity contribution is -0.142. The summed E-state index contributed by atoms with van der Waals surface area (Å²) in [6.45, 7) is 7.97. The van der Waals surface area contributed by atoms with Gasteiger partial charge in [-0.2, -0.15) is 5.06 Å². The average molecular weight is 519 g/mol. The average Bonchev–Trinajstić information content (AvgIpc) is 3.11. The number of hydroxylamine groups is 3. The van der Waals surface area contributed by atoms with Crippen molar-refractivity contribution in [2.24, 2.45) is 0 Å². The Bertz CT molecular complexity index is 931. The Morgan fingerprint density at radius 3 is 2.46 bits per heavy atom. The highest BCUT2D eigenvalue weighted by atomic mass is 16.7. The Morgan fingerprint density at radius 2 is 1.76 bits per heavy atom. The number of rotatable bonds is 9. The standard InChI is InChI=1S/C26H38N4O7/c1-26(2,3)37-25(33)28-13-11-21(12-14-28)34-15-16-35-27-23(31)22-10-9-20-17-29(22)24(32)30(20)36-18-19-7-5-4-6-8-19/h4-8,20-22H,9-18H2,1-3H3,(H,27,31)/t20-,22+/m1/s1. The lowest BCUT2D eigenvalue weighted by Gasteiger charge is -2.33. The van der Waals surface area contributed by atoms with E-state index >= 15 is 0 Å². The predicted molar refractivity (Wildman–Crippen MR) is 133 cm³/mol. The highest BCUT2D eigenvalue weighted by Crippen LogP contribution is 2.30. The minimum absolute atomic E-state index is 0.0253. The minimum atomic E-state index is -0.591. The van der Waals surface area contributed by atoms with Crippen molar-refractivity contribution in [2.75, 3.05) is 32.8 Å². The topological polar surface area (TPSA) is 110 Å². The van der Waals surface area contributed by atoms with Crippen LogP contribution in [0, 0.1) is 0 Å². The van der Waals surface area contributed by atoms with E-state index in [9.17, 15) is 14.4 Å². The molecule has 3 fully saturated rings. The first-order valence-corrected chi connectivity index (χ1v) is 13.0. The summed E-state index contributed by atoms with van der Waals surface area (Å²) >= 11 is 0. The van der Waals surface area contributed by atoms with Gasteiger partial charge in [-0.3, -0.25) is 14.5 Å². The van der Waals surface area contributed by atoms with Crippen molar-refractivity contribution in [1.29, 1.82) is 0 Å². The fraction of sp³-hybridized carbons (Fsp3) is 0.654. The lowest BCUT2D eigenvalue weighted by atomic mass is 10.0. The van der Waals surface area contributed by atoms with Crippen molar-refractivity contribution < 1.29 is 33.5 Å². The number of piperidine rings is 2. The van der Waals surface area contributed by atoms with Crippen molar-refractivity contribution in [3.63, 3.8) is 0 Å².